The van der Waals surface area contributed by atoms with Gasteiger partial charge in [-0.2, -0.15) is 0 Å². The lowest BCUT2D eigenvalue weighted by atomic mass is 10.0. The second kappa shape index (κ2) is 6.99. The number of carbonyl (C=O) groups excluding carboxylic acids is 1. The minimum absolute atomic E-state index is 0. The SMILES string of the molecule is Cc1ccc(CNC(=O)[C@H]2CCCCN2)s1.Cl. The lowest BCUT2D eigenvalue weighted by Crippen LogP contribution is -2.46. The molecule has 0 radical (unpaired) electrons. The van der Waals surface area contributed by atoms with Crippen molar-refractivity contribution in [3.63, 3.8) is 0 Å². The van der Waals surface area contributed by atoms with Gasteiger partial charge >= 0.3 is 0 Å². The third-order valence-corrected chi connectivity index (χ3v) is 3.86. The Morgan fingerprint density at radius 1 is 1.53 bits per heavy atom. The van der Waals surface area contributed by atoms with E-state index in [0.717, 1.165) is 19.4 Å². The Labute approximate surface area is 112 Å². The number of hydrogen-bond donors (Lipinski definition) is 2. The highest BCUT2D eigenvalue weighted by molar-refractivity contribution is 7.11. The van der Waals surface area contributed by atoms with E-state index in [1.807, 2.05) is 0 Å². The Kier molecular flexibility index (Phi) is 5.95. The van der Waals surface area contributed by atoms with Crippen LogP contribution in [0.25, 0.3) is 0 Å². The molecular weight excluding hydrogens is 256 g/mol. The molecule has 1 aromatic rings. The second-order valence-electron chi connectivity index (χ2n) is 4.23. The van der Waals surface area contributed by atoms with Gasteiger partial charge in [-0.3, -0.25) is 4.79 Å². The van der Waals surface area contributed by atoms with Crippen molar-refractivity contribution < 1.29 is 4.79 Å². The molecule has 17 heavy (non-hydrogen) atoms. The largest absolute Gasteiger partial charge is 0.350 e. The summed E-state index contributed by atoms with van der Waals surface area (Å²) in [6.07, 6.45) is 3.31. The van der Waals surface area contributed by atoms with E-state index in [1.165, 1.54) is 16.2 Å². The van der Waals surface area contributed by atoms with Crippen molar-refractivity contribution in [2.24, 2.45) is 0 Å². The molecule has 1 fully saturated rings. The monoisotopic (exact) mass is 274 g/mol. The average molecular weight is 275 g/mol. The van der Waals surface area contributed by atoms with E-state index in [1.54, 1.807) is 11.3 Å². The highest BCUT2D eigenvalue weighted by Gasteiger charge is 2.19. The summed E-state index contributed by atoms with van der Waals surface area (Å²) >= 11 is 1.74. The molecular formula is C12H19ClN2OS. The minimum Gasteiger partial charge on any atom is -0.350 e. The molecule has 2 rings (SSSR count). The van der Waals surface area contributed by atoms with Gasteiger partial charge < -0.3 is 10.6 Å². The summed E-state index contributed by atoms with van der Waals surface area (Å²) in [6, 6.07) is 4.19. The Balaban J connectivity index is 0.00000144. The van der Waals surface area contributed by atoms with Crippen LogP contribution in [-0.2, 0) is 11.3 Å². The maximum Gasteiger partial charge on any atom is 0.237 e. The van der Waals surface area contributed by atoms with Crippen molar-refractivity contribution in [3.8, 4) is 0 Å². The first kappa shape index (κ1) is 14.5. The Hall–Kier alpha value is -0.580. The Morgan fingerprint density at radius 2 is 2.35 bits per heavy atom. The molecule has 5 heteroatoms. The zero-order valence-corrected chi connectivity index (χ0v) is 11.6. The van der Waals surface area contributed by atoms with Gasteiger partial charge in [0.2, 0.25) is 5.91 Å². The number of thiophene rings is 1. The van der Waals surface area contributed by atoms with E-state index < -0.39 is 0 Å². The van der Waals surface area contributed by atoms with Gasteiger partial charge in [0.15, 0.2) is 0 Å². The van der Waals surface area contributed by atoms with E-state index in [-0.39, 0.29) is 24.4 Å². The van der Waals surface area contributed by atoms with Gasteiger partial charge in [-0.1, -0.05) is 6.42 Å². The lowest BCUT2D eigenvalue weighted by molar-refractivity contribution is -0.123. The van der Waals surface area contributed by atoms with E-state index >= 15 is 0 Å². The van der Waals surface area contributed by atoms with Crippen LogP contribution in [0.2, 0.25) is 0 Å². The number of halogens is 1. The van der Waals surface area contributed by atoms with Gasteiger partial charge in [-0.25, -0.2) is 0 Å². The lowest BCUT2D eigenvalue weighted by Gasteiger charge is -2.22. The first-order chi connectivity index (χ1) is 7.75. The van der Waals surface area contributed by atoms with Gasteiger partial charge in [0, 0.05) is 9.75 Å². The molecule has 0 saturated carbocycles. The fraction of sp³-hybridized carbons (Fsp3) is 0.583. The summed E-state index contributed by atoms with van der Waals surface area (Å²) in [6.45, 7) is 3.71. The normalized spacial score (nSPS) is 19.5. The number of nitrogens with one attached hydrogen (secondary N) is 2. The zero-order chi connectivity index (χ0) is 11.4. The number of hydrogen-bond acceptors (Lipinski definition) is 3. The molecule has 96 valence electrons. The van der Waals surface area contributed by atoms with Crippen molar-refractivity contribution in [2.75, 3.05) is 6.54 Å². The van der Waals surface area contributed by atoms with Gasteiger partial charge in [0.25, 0.3) is 0 Å². The predicted octanol–water partition coefficient (Wildman–Crippen LogP) is 2.24. The molecule has 1 aliphatic heterocycles. The van der Waals surface area contributed by atoms with Crippen molar-refractivity contribution >= 4 is 29.7 Å². The highest BCUT2D eigenvalue weighted by atomic mass is 35.5. The third kappa shape index (κ3) is 4.30. The van der Waals surface area contributed by atoms with Gasteiger partial charge in [-0.15, -0.1) is 23.7 Å². The molecule has 0 bridgehead atoms. The molecule has 0 aromatic carbocycles. The molecule has 0 aliphatic carbocycles. The minimum atomic E-state index is 0. The first-order valence-corrected chi connectivity index (χ1v) is 6.64. The van der Waals surface area contributed by atoms with Crippen LogP contribution in [0.15, 0.2) is 12.1 Å². The van der Waals surface area contributed by atoms with Crippen LogP contribution in [0.1, 0.15) is 29.0 Å². The van der Waals surface area contributed by atoms with Crippen LogP contribution in [0.5, 0.6) is 0 Å². The maximum atomic E-state index is 11.8. The Bertz CT molecular complexity index is 361. The average Bonchev–Trinajstić information content (AvgIpc) is 2.73. The van der Waals surface area contributed by atoms with Crippen molar-refractivity contribution in [1.82, 2.24) is 10.6 Å². The molecule has 3 nitrogen and oxygen atoms in total. The molecule has 1 saturated heterocycles. The maximum absolute atomic E-state index is 11.8. The van der Waals surface area contributed by atoms with Crippen LogP contribution in [0.4, 0.5) is 0 Å². The van der Waals surface area contributed by atoms with Crippen LogP contribution in [0.3, 0.4) is 0 Å². The summed E-state index contributed by atoms with van der Waals surface area (Å²) in [4.78, 5) is 14.3. The predicted molar refractivity (Wildman–Crippen MR) is 73.8 cm³/mol. The molecule has 1 atom stereocenters. The molecule has 2 heterocycles. The molecule has 1 aromatic heterocycles. The van der Waals surface area contributed by atoms with Gasteiger partial charge in [0.1, 0.15) is 0 Å². The first-order valence-electron chi connectivity index (χ1n) is 5.82. The third-order valence-electron chi connectivity index (χ3n) is 2.86. The standard InChI is InChI=1S/C12H18N2OS.ClH/c1-9-5-6-10(16-9)8-14-12(15)11-4-2-3-7-13-11;/h5-6,11,13H,2-4,7-8H2,1H3,(H,14,15);1H/t11-;/m1./s1. The smallest absolute Gasteiger partial charge is 0.237 e. The van der Waals surface area contributed by atoms with E-state index in [2.05, 4.69) is 29.7 Å². The van der Waals surface area contributed by atoms with Crippen LogP contribution in [0, 0.1) is 6.92 Å². The van der Waals surface area contributed by atoms with Crippen molar-refractivity contribution in [2.45, 2.75) is 38.8 Å². The zero-order valence-electron chi connectivity index (χ0n) is 9.99. The van der Waals surface area contributed by atoms with Crippen LogP contribution >= 0.6 is 23.7 Å². The molecule has 0 spiro atoms. The second-order valence-corrected chi connectivity index (χ2v) is 5.61. The van der Waals surface area contributed by atoms with Gasteiger partial charge in [-0.05, 0) is 38.4 Å². The fourth-order valence-corrected chi connectivity index (χ4v) is 2.78. The van der Waals surface area contributed by atoms with Crippen molar-refractivity contribution in [1.29, 1.82) is 0 Å². The fourth-order valence-electron chi connectivity index (χ4n) is 1.95. The summed E-state index contributed by atoms with van der Waals surface area (Å²) in [5, 5.41) is 6.24. The van der Waals surface area contributed by atoms with Gasteiger partial charge in [0.05, 0.1) is 12.6 Å². The van der Waals surface area contributed by atoms with E-state index in [9.17, 15) is 4.79 Å². The van der Waals surface area contributed by atoms with E-state index in [0.29, 0.717) is 6.54 Å². The summed E-state index contributed by atoms with van der Waals surface area (Å²) < 4.78 is 0. The Morgan fingerprint density at radius 3 is 2.94 bits per heavy atom. The number of amides is 1. The van der Waals surface area contributed by atoms with Crippen LogP contribution < -0.4 is 10.6 Å². The quantitative estimate of drug-likeness (QED) is 0.888. The number of carbonyl (C=O) groups is 1. The highest BCUT2D eigenvalue weighted by Crippen LogP contribution is 2.14. The molecule has 1 aliphatic rings. The van der Waals surface area contributed by atoms with Crippen LogP contribution in [-0.4, -0.2) is 18.5 Å². The number of piperidine rings is 1. The number of aryl methyl sites for hydroxylation is 1. The molecule has 0 unspecified atom stereocenters. The summed E-state index contributed by atoms with van der Waals surface area (Å²) in [5.41, 5.74) is 0. The molecule has 2 N–H and O–H groups in total. The summed E-state index contributed by atoms with van der Waals surface area (Å²) in [5.74, 6) is 0.144. The van der Waals surface area contributed by atoms with Crippen molar-refractivity contribution in [3.05, 3.63) is 21.9 Å². The topological polar surface area (TPSA) is 41.1 Å². The van der Waals surface area contributed by atoms with E-state index in [4.69, 9.17) is 0 Å². The summed E-state index contributed by atoms with van der Waals surface area (Å²) in [7, 11) is 0. The molecule has 1 amide bonds. The number of rotatable bonds is 3.